The van der Waals surface area contributed by atoms with E-state index in [9.17, 15) is 5.11 Å². The van der Waals surface area contributed by atoms with E-state index in [1.807, 2.05) is 12.1 Å². The van der Waals surface area contributed by atoms with Gasteiger partial charge in [0.1, 0.15) is 18.1 Å². The van der Waals surface area contributed by atoms with Crippen LogP contribution in [0, 0.1) is 0 Å². The monoisotopic (exact) mass is 327 g/mol. The van der Waals surface area contributed by atoms with Gasteiger partial charge >= 0.3 is 0 Å². The van der Waals surface area contributed by atoms with E-state index in [2.05, 4.69) is 49.9 Å². The molecule has 0 spiro atoms. The number of likely N-dealkylation sites (N-methyl/N-ethyl adjacent to an activating group) is 1. The molecule has 2 rings (SSSR count). The summed E-state index contributed by atoms with van der Waals surface area (Å²) >= 11 is 0. The second-order valence-corrected chi connectivity index (χ2v) is 6.22. The largest absolute Gasteiger partial charge is 0.508 e. The van der Waals surface area contributed by atoms with E-state index in [4.69, 9.17) is 4.74 Å². The fourth-order valence-electron chi connectivity index (χ4n) is 2.83. The third-order valence-corrected chi connectivity index (χ3v) is 4.50. The Morgan fingerprint density at radius 1 is 0.958 bits per heavy atom. The molecule has 1 atom stereocenters. The Morgan fingerprint density at radius 2 is 1.58 bits per heavy atom. The molecule has 0 saturated carbocycles. The van der Waals surface area contributed by atoms with E-state index in [1.54, 1.807) is 12.1 Å². The first-order valence-electron chi connectivity index (χ1n) is 8.85. The molecule has 3 heteroatoms. The topological polar surface area (TPSA) is 32.7 Å². The van der Waals surface area contributed by atoms with Gasteiger partial charge in [-0.2, -0.15) is 0 Å². The van der Waals surface area contributed by atoms with Gasteiger partial charge in [0.2, 0.25) is 0 Å². The number of benzene rings is 2. The molecule has 0 bridgehead atoms. The lowest BCUT2D eigenvalue weighted by molar-refractivity contribution is 0.223. The van der Waals surface area contributed by atoms with E-state index in [0.29, 0.717) is 11.7 Å². The van der Waals surface area contributed by atoms with Crippen LogP contribution in [0.2, 0.25) is 0 Å². The average molecular weight is 327 g/mol. The van der Waals surface area contributed by atoms with Crippen LogP contribution < -0.4 is 4.74 Å². The summed E-state index contributed by atoms with van der Waals surface area (Å²) < 4.78 is 5.83. The fourth-order valence-corrected chi connectivity index (χ4v) is 2.83. The Kier molecular flexibility index (Phi) is 7.13. The van der Waals surface area contributed by atoms with Gasteiger partial charge in [-0.15, -0.1) is 0 Å². The Hall–Kier alpha value is -2.00. The van der Waals surface area contributed by atoms with Gasteiger partial charge in [0.05, 0.1) is 0 Å². The molecule has 1 N–H and O–H groups in total. The van der Waals surface area contributed by atoms with Crippen LogP contribution in [-0.2, 0) is 6.42 Å². The highest BCUT2D eigenvalue weighted by Gasteiger charge is 2.07. The Bertz CT molecular complexity index is 588. The lowest BCUT2D eigenvalue weighted by Gasteiger charge is -2.18. The van der Waals surface area contributed by atoms with Crippen molar-refractivity contribution in [3.8, 4) is 11.5 Å². The van der Waals surface area contributed by atoms with Crippen molar-refractivity contribution >= 4 is 0 Å². The minimum atomic E-state index is 0.317. The molecule has 24 heavy (non-hydrogen) atoms. The summed E-state index contributed by atoms with van der Waals surface area (Å²) in [4.78, 5) is 2.35. The quantitative estimate of drug-likeness (QED) is 0.738. The highest BCUT2D eigenvalue weighted by atomic mass is 16.5. The highest BCUT2D eigenvalue weighted by Crippen LogP contribution is 2.23. The molecule has 0 saturated heterocycles. The molecule has 0 amide bonds. The lowest BCUT2D eigenvalue weighted by Crippen LogP contribution is -2.27. The molecular weight excluding hydrogens is 298 g/mol. The SMILES string of the molecule is CCN(CC)CCOc1ccc(CC(C)c2ccc(O)cc2)cc1. The van der Waals surface area contributed by atoms with Crippen LogP contribution in [-0.4, -0.2) is 36.2 Å². The predicted octanol–water partition coefficient (Wildman–Crippen LogP) is 4.46. The molecule has 2 aromatic carbocycles. The molecule has 0 aromatic heterocycles. The van der Waals surface area contributed by atoms with Crippen molar-refractivity contribution in [2.75, 3.05) is 26.2 Å². The van der Waals surface area contributed by atoms with Gasteiger partial charge in [-0.05, 0) is 60.8 Å². The molecule has 0 aliphatic heterocycles. The second-order valence-electron chi connectivity index (χ2n) is 6.22. The molecule has 1 unspecified atom stereocenters. The summed E-state index contributed by atoms with van der Waals surface area (Å²) in [5.74, 6) is 1.67. The third-order valence-electron chi connectivity index (χ3n) is 4.50. The minimum Gasteiger partial charge on any atom is -0.508 e. The van der Waals surface area contributed by atoms with E-state index in [0.717, 1.165) is 38.4 Å². The number of phenols is 1. The number of hydrogen-bond acceptors (Lipinski definition) is 3. The molecule has 0 radical (unpaired) electrons. The molecule has 0 aliphatic carbocycles. The van der Waals surface area contributed by atoms with Gasteiger partial charge in [-0.25, -0.2) is 0 Å². The van der Waals surface area contributed by atoms with Gasteiger partial charge in [-0.3, -0.25) is 0 Å². The zero-order chi connectivity index (χ0) is 17.4. The summed E-state index contributed by atoms with van der Waals surface area (Å²) in [5, 5.41) is 9.38. The highest BCUT2D eigenvalue weighted by molar-refractivity contribution is 5.31. The van der Waals surface area contributed by atoms with Gasteiger partial charge in [0.25, 0.3) is 0 Å². The van der Waals surface area contributed by atoms with Crippen LogP contribution in [0.5, 0.6) is 11.5 Å². The van der Waals surface area contributed by atoms with Crippen molar-refractivity contribution in [1.29, 1.82) is 0 Å². The number of ether oxygens (including phenoxy) is 1. The Morgan fingerprint density at radius 3 is 2.17 bits per heavy atom. The molecule has 0 fully saturated rings. The van der Waals surface area contributed by atoms with Gasteiger partial charge < -0.3 is 14.7 Å². The maximum absolute atomic E-state index is 9.38. The average Bonchev–Trinajstić information content (AvgIpc) is 2.60. The van der Waals surface area contributed by atoms with E-state index in [1.165, 1.54) is 11.1 Å². The number of phenolic OH excluding ortho intramolecular Hbond substituents is 1. The number of hydrogen-bond donors (Lipinski definition) is 1. The second kappa shape index (κ2) is 9.33. The fraction of sp³-hybridized carbons (Fsp3) is 0.429. The standard InChI is InChI=1S/C21H29NO2/c1-4-22(5-2)14-15-24-21-12-6-18(7-13-21)16-17(3)19-8-10-20(23)11-9-19/h6-13,17,23H,4-5,14-16H2,1-3H3. The van der Waals surface area contributed by atoms with Crippen molar-refractivity contribution < 1.29 is 9.84 Å². The predicted molar refractivity (Wildman–Crippen MR) is 100.0 cm³/mol. The van der Waals surface area contributed by atoms with Crippen molar-refractivity contribution in [3.05, 3.63) is 59.7 Å². The summed E-state index contributed by atoms with van der Waals surface area (Å²) in [7, 11) is 0. The van der Waals surface area contributed by atoms with E-state index in [-0.39, 0.29) is 0 Å². The van der Waals surface area contributed by atoms with Gasteiger partial charge in [0, 0.05) is 6.54 Å². The van der Waals surface area contributed by atoms with Crippen LogP contribution in [0.4, 0.5) is 0 Å². The van der Waals surface area contributed by atoms with Gasteiger partial charge in [0.15, 0.2) is 0 Å². The summed E-state index contributed by atoms with van der Waals surface area (Å²) in [6, 6.07) is 15.9. The normalized spacial score (nSPS) is 12.3. The van der Waals surface area contributed by atoms with Crippen molar-refractivity contribution in [3.63, 3.8) is 0 Å². The minimum absolute atomic E-state index is 0.317. The number of aromatic hydroxyl groups is 1. The number of nitrogens with zero attached hydrogens (tertiary/aromatic N) is 1. The zero-order valence-electron chi connectivity index (χ0n) is 15.0. The van der Waals surface area contributed by atoms with E-state index >= 15 is 0 Å². The molecule has 0 heterocycles. The molecular formula is C21H29NO2. The van der Waals surface area contributed by atoms with Crippen LogP contribution in [0.3, 0.4) is 0 Å². The van der Waals surface area contributed by atoms with Crippen LogP contribution in [0.1, 0.15) is 37.8 Å². The third kappa shape index (κ3) is 5.57. The summed E-state index contributed by atoms with van der Waals surface area (Å²) in [6.45, 7) is 10.4. The molecule has 2 aromatic rings. The lowest BCUT2D eigenvalue weighted by atomic mass is 9.94. The maximum atomic E-state index is 9.38. The van der Waals surface area contributed by atoms with Crippen molar-refractivity contribution in [2.24, 2.45) is 0 Å². The van der Waals surface area contributed by atoms with Crippen LogP contribution >= 0.6 is 0 Å². The zero-order valence-corrected chi connectivity index (χ0v) is 15.0. The van der Waals surface area contributed by atoms with Crippen molar-refractivity contribution in [1.82, 2.24) is 4.90 Å². The Labute approximate surface area is 145 Å². The summed E-state index contributed by atoms with van der Waals surface area (Å²) in [6.07, 6.45) is 0.977. The molecule has 3 nitrogen and oxygen atoms in total. The molecule has 0 aliphatic rings. The van der Waals surface area contributed by atoms with Crippen LogP contribution in [0.15, 0.2) is 48.5 Å². The smallest absolute Gasteiger partial charge is 0.119 e. The van der Waals surface area contributed by atoms with Crippen molar-refractivity contribution in [2.45, 2.75) is 33.1 Å². The first kappa shape index (κ1) is 18.3. The first-order chi connectivity index (χ1) is 11.6. The number of rotatable bonds is 9. The van der Waals surface area contributed by atoms with E-state index < -0.39 is 0 Å². The van der Waals surface area contributed by atoms with Gasteiger partial charge in [-0.1, -0.05) is 45.0 Å². The molecule has 130 valence electrons. The maximum Gasteiger partial charge on any atom is 0.119 e. The van der Waals surface area contributed by atoms with Crippen LogP contribution in [0.25, 0.3) is 0 Å². The Balaban J connectivity index is 1.84. The summed E-state index contributed by atoms with van der Waals surface area (Å²) in [5.41, 5.74) is 2.54. The first-order valence-corrected chi connectivity index (χ1v) is 8.85.